The molecule has 1 atom stereocenters. The van der Waals surface area contributed by atoms with Crippen LogP contribution in [0.25, 0.3) is 0 Å². The summed E-state index contributed by atoms with van der Waals surface area (Å²) in [6, 6.07) is 7.63. The first-order valence-electron chi connectivity index (χ1n) is 11.3. The lowest BCUT2D eigenvalue weighted by molar-refractivity contribution is -0.0721. The summed E-state index contributed by atoms with van der Waals surface area (Å²) in [4.78, 5) is 19.0. The second kappa shape index (κ2) is 13.9. The molecular formula is C23H37IN4O3. The SMILES string of the molecule is CCNC(=NCc1cccc(C(=O)NC)c1)N1CCC(OCC2CCCCO2)CC1.I. The van der Waals surface area contributed by atoms with E-state index in [1.54, 1.807) is 7.05 Å². The van der Waals surface area contributed by atoms with Gasteiger partial charge in [0.2, 0.25) is 0 Å². The number of likely N-dealkylation sites (tertiary alicyclic amines) is 1. The monoisotopic (exact) mass is 544 g/mol. The topological polar surface area (TPSA) is 75.2 Å². The van der Waals surface area contributed by atoms with E-state index in [0.29, 0.717) is 18.2 Å². The molecule has 0 radical (unpaired) electrons. The number of piperidine rings is 1. The summed E-state index contributed by atoms with van der Waals surface area (Å²) in [6.07, 6.45) is 6.14. The Labute approximate surface area is 203 Å². The van der Waals surface area contributed by atoms with Crippen molar-refractivity contribution in [2.24, 2.45) is 4.99 Å². The number of benzene rings is 1. The Hall–Kier alpha value is -1.39. The van der Waals surface area contributed by atoms with Crippen molar-refractivity contribution in [3.63, 3.8) is 0 Å². The summed E-state index contributed by atoms with van der Waals surface area (Å²) in [5.74, 6) is 0.852. The Morgan fingerprint density at radius 1 is 1.26 bits per heavy atom. The van der Waals surface area contributed by atoms with E-state index in [2.05, 4.69) is 22.5 Å². The lowest BCUT2D eigenvalue weighted by Gasteiger charge is -2.35. The maximum absolute atomic E-state index is 11.9. The highest BCUT2D eigenvalue weighted by Crippen LogP contribution is 2.18. The maximum Gasteiger partial charge on any atom is 0.251 e. The third-order valence-corrected chi connectivity index (χ3v) is 5.70. The average Bonchev–Trinajstić information content (AvgIpc) is 2.81. The van der Waals surface area contributed by atoms with Crippen molar-refractivity contribution >= 4 is 35.8 Å². The van der Waals surface area contributed by atoms with Gasteiger partial charge in [0.05, 0.1) is 25.4 Å². The van der Waals surface area contributed by atoms with Crippen molar-refractivity contribution in [1.29, 1.82) is 0 Å². The fourth-order valence-corrected chi connectivity index (χ4v) is 3.96. The number of guanidine groups is 1. The van der Waals surface area contributed by atoms with Crippen molar-refractivity contribution in [3.05, 3.63) is 35.4 Å². The van der Waals surface area contributed by atoms with Crippen molar-refractivity contribution < 1.29 is 14.3 Å². The Morgan fingerprint density at radius 2 is 2.06 bits per heavy atom. The van der Waals surface area contributed by atoms with E-state index in [9.17, 15) is 4.79 Å². The van der Waals surface area contributed by atoms with Crippen LogP contribution in [0.15, 0.2) is 29.3 Å². The fourth-order valence-electron chi connectivity index (χ4n) is 3.96. The van der Waals surface area contributed by atoms with Gasteiger partial charge in [-0.15, -0.1) is 24.0 Å². The van der Waals surface area contributed by atoms with Crippen molar-refractivity contribution in [2.75, 3.05) is 39.9 Å². The van der Waals surface area contributed by atoms with Gasteiger partial charge < -0.3 is 25.0 Å². The second-order valence-corrected chi connectivity index (χ2v) is 7.96. The molecule has 0 saturated carbocycles. The van der Waals surface area contributed by atoms with Gasteiger partial charge in [-0.3, -0.25) is 4.79 Å². The number of rotatable bonds is 7. The van der Waals surface area contributed by atoms with Crippen LogP contribution in [-0.4, -0.2) is 68.9 Å². The number of hydrogen-bond acceptors (Lipinski definition) is 4. The first-order valence-corrected chi connectivity index (χ1v) is 11.3. The van der Waals surface area contributed by atoms with Crippen molar-refractivity contribution in [2.45, 2.75) is 57.8 Å². The average molecular weight is 544 g/mol. The zero-order valence-electron chi connectivity index (χ0n) is 18.8. The number of halogens is 1. The van der Waals surface area contributed by atoms with Crippen LogP contribution in [0, 0.1) is 0 Å². The molecule has 3 rings (SSSR count). The number of carbonyl (C=O) groups is 1. The van der Waals surface area contributed by atoms with Crippen LogP contribution in [0.4, 0.5) is 0 Å². The minimum atomic E-state index is -0.0755. The number of ether oxygens (including phenoxy) is 2. The van der Waals surface area contributed by atoms with E-state index in [0.717, 1.165) is 63.6 Å². The number of aliphatic imine (C=N–C) groups is 1. The van der Waals surface area contributed by atoms with Crippen molar-refractivity contribution in [3.8, 4) is 0 Å². The maximum atomic E-state index is 11.9. The number of carbonyl (C=O) groups excluding carboxylic acids is 1. The predicted molar refractivity (Wildman–Crippen MR) is 134 cm³/mol. The van der Waals surface area contributed by atoms with Gasteiger partial charge in [0, 0.05) is 38.9 Å². The summed E-state index contributed by atoms with van der Waals surface area (Å²) in [5, 5.41) is 6.07. The van der Waals surface area contributed by atoms with Gasteiger partial charge in [0.1, 0.15) is 0 Å². The molecule has 2 N–H and O–H groups in total. The summed E-state index contributed by atoms with van der Waals surface area (Å²) < 4.78 is 11.9. The van der Waals surface area contributed by atoms with E-state index in [-0.39, 0.29) is 36.0 Å². The highest BCUT2D eigenvalue weighted by atomic mass is 127. The lowest BCUT2D eigenvalue weighted by Crippen LogP contribution is -2.47. The molecule has 2 aliphatic rings. The normalized spacial score (nSPS) is 20.1. The van der Waals surface area contributed by atoms with Gasteiger partial charge in [-0.1, -0.05) is 12.1 Å². The van der Waals surface area contributed by atoms with Gasteiger partial charge in [0.25, 0.3) is 5.91 Å². The first kappa shape index (κ1) is 25.9. The van der Waals surface area contributed by atoms with Crippen LogP contribution in [0.2, 0.25) is 0 Å². The van der Waals surface area contributed by atoms with Crippen LogP contribution >= 0.6 is 24.0 Å². The van der Waals surface area contributed by atoms with E-state index in [1.165, 1.54) is 12.8 Å². The molecule has 2 fully saturated rings. The standard InChI is InChI=1S/C23H36N4O3.HI/c1-3-25-23(26-16-18-7-6-8-19(15-18)22(28)24-2)27-12-10-20(11-13-27)30-17-21-9-4-5-14-29-21;/h6-8,15,20-21H,3-5,9-14,16-17H2,1-2H3,(H,24,28)(H,25,26);1H. The molecule has 0 aliphatic carbocycles. The number of nitrogens with one attached hydrogen (secondary N) is 2. The molecule has 1 unspecified atom stereocenters. The third kappa shape index (κ3) is 8.23. The minimum Gasteiger partial charge on any atom is -0.376 e. The molecule has 7 nitrogen and oxygen atoms in total. The summed E-state index contributed by atoms with van der Waals surface area (Å²) in [5.41, 5.74) is 1.69. The van der Waals surface area contributed by atoms with Gasteiger partial charge >= 0.3 is 0 Å². The van der Waals surface area contributed by atoms with Crippen LogP contribution in [0.1, 0.15) is 54.9 Å². The van der Waals surface area contributed by atoms with Gasteiger partial charge in [-0.2, -0.15) is 0 Å². The van der Waals surface area contributed by atoms with Gasteiger partial charge in [-0.05, 0) is 56.7 Å². The predicted octanol–water partition coefficient (Wildman–Crippen LogP) is 3.18. The zero-order chi connectivity index (χ0) is 21.2. The van der Waals surface area contributed by atoms with Crippen LogP contribution < -0.4 is 10.6 Å². The Morgan fingerprint density at radius 3 is 2.74 bits per heavy atom. The fraction of sp³-hybridized carbons (Fsp3) is 0.652. The molecule has 1 amide bonds. The second-order valence-electron chi connectivity index (χ2n) is 7.96. The van der Waals surface area contributed by atoms with Crippen molar-refractivity contribution in [1.82, 2.24) is 15.5 Å². The lowest BCUT2D eigenvalue weighted by atomic mass is 10.1. The first-order chi connectivity index (χ1) is 14.7. The highest BCUT2D eigenvalue weighted by molar-refractivity contribution is 14.0. The molecule has 0 spiro atoms. The van der Waals surface area contributed by atoms with E-state index in [1.807, 2.05) is 24.3 Å². The molecule has 0 aromatic heterocycles. The molecule has 1 aromatic rings. The molecule has 2 saturated heterocycles. The molecule has 2 aliphatic heterocycles. The van der Waals surface area contributed by atoms with E-state index < -0.39 is 0 Å². The van der Waals surface area contributed by atoms with Gasteiger partial charge in [0.15, 0.2) is 5.96 Å². The summed E-state index contributed by atoms with van der Waals surface area (Å²) in [6.45, 7) is 6.92. The minimum absolute atomic E-state index is 0. The molecule has 174 valence electrons. The van der Waals surface area contributed by atoms with E-state index in [4.69, 9.17) is 14.5 Å². The number of nitrogens with zero attached hydrogens (tertiary/aromatic N) is 2. The highest BCUT2D eigenvalue weighted by Gasteiger charge is 2.23. The van der Waals surface area contributed by atoms with E-state index >= 15 is 0 Å². The Kier molecular flexibility index (Phi) is 11.6. The number of amides is 1. The van der Waals surface area contributed by atoms with Gasteiger partial charge in [-0.25, -0.2) is 4.99 Å². The Bertz CT molecular complexity index is 702. The molecule has 2 heterocycles. The molecule has 31 heavy (non-hydrogen) atoms. The Balaban J connectivity index is 0.00000341. The zero-order valence-corrected chi connectivity index (χ0v) is 21.1. The molecule has 0 bridgehead atoms. The summed E-state index contributed by atoms with van der Waals surface area (Å²) >= 11 is 0. The molecule has 8 heteroatoms. The molecule has 1 aromatic carbocycles. The van der Waals surface area contributed by atoms with Crippen LogP contribution in [0.5, 0.6) is 0 Å². The largest absolute Gasteiger partial charge is 0.376 e. The van der Waals surface area contributed by atoms with Crippen LogP contribution in [0.3, 0.4) is 0 Å². The number of hydrogen-bond donors (Lipinski definition) is 2. The quantitative estimate of drug-likeness (QED) is 0.314. The molecular weight excluding hydrogens is 507 g/mol. The van der Waals surface area contributed by atoms with Crippen LogP contribution in [-0.2, 0) is 16.0 Å². The smallest absolute Gasteiger partial charge is 0.251 e. The third-order valence-electron chi connectivity index (χ3n) is 5.70. The summed E-state index contributed by atoms with van der Waals surface area (Å²) in [7, 11) is 1.64.